The number of hydrogen-bond donors (Lipinski definition) is 4. The molecule has 0 amide bonds. The zero-order valence-corrected chi connectivity index (χ0v) is 15.5. The Kier molecular flexibility index (Phi) is 6.21. The van der Waals surface area contributed by atoms with Crippen molar-refractivity contribution in [2.24, 2.45) is 17.5 Å². The minimum absolute atomic E-state index is 0.506. The molecule has 0 spiro atoms. The lowest BCUT2D eigenvalue weighted by molar-refractivity contribution is 0.386. The second-order valence-corrected chi connectivity index (χ2v) is 7.65. The number of aromatic nitrogens is 2. The highest BCUT2D eigenvalue weighted by Gasteiger charge is 2.22. The monoisotopic (exact) mass is 376 g/mol. The normalized spacial score (nSPS) is 16.1. The standard InChI is InChI=1S/C17H25N6O2P/c18-6-9-23(19)14-1-2-15-16(11-14)20-12-21-17(15)22-7-3-13(4-8-22)5-10-26(24)25/h1-2,6,9,11-13,24-25H,3-5,7-8,10,18-19H2/b9-6-. The zero-order chi connectivity index (χ0) is 18.5. The van der Waals surface area contributed by atoms with Crippen molar-refractivity contribution < 1.29 is 9.79 Å². The van der Waals surface area contributed by atoms with Gasteiger partial charge >= 0.3 is 0 Å². The van der Waals surface area contributed by atoms with E-state index in [4.69, 9.17) is 21.4 Å². The third-order valence-corrected chi connectivity index (χ3v) is 5.45. The fourth-order valence-corrected chi connectivity index (χ4v) is 3.95. The molecule has 8 nitrogen and oxygen atoms in total. The number of benzene rings is 1. The topological polar surface area (TPSA) is 125 Å². The van der Waals surface area contributed by atoms with Crippen LogP contribution < -0.4 is 21.5 Å². The average molecular weight is 376 g/mol. The van der Waals surface area contributed by atoms with Crippen molar-refractivity contribution in [3.05, 3.63) is 36.9 Å². The minimum atomic E-state index is -1.78. The number of nitrogens with two attached hydrogens (primary N) is 2. The van der Waals surface area contributed by atoms with E-state index in [2.05, 4.69) is 14.9 Å². The van der Waals surface area contributed by atoms with E-state index in [0.717, 1.165) is 54.8 Å². The van der Waals surface area contributed by atoms with Gasteiger partial charge in [0, 0.05) is 37.0 Å². The molecule has 140 valence electrons. The highest BCUT2D eigenvalue weighted by atomic mass is 31.2. The highest BCUT2D eigenvalue weighted by Crippen LogP contribution is 2.32. The summed E-state index contributed by atoms with van der Waals surface area (Å²) in [6.45, 7) is 1.82. The van der Waals surface area contributed by atoms with Gasteiger partial charge in [-0.2, -0.15) is 0 Å². The van der Waals surface area contributed by atoms with Gasteiger partial charge in [-0.25, -0.2) is 15.8 Å². The van der Waals surface area contributed by atoms with Crippen LogP contribution in [0.5, 0.6) is 0 Å². The predicted octanol–water partition coefficient (Wildman–Crippen LogP) is 1.64. The Labute approximate surface area is 154 Å². The SMILES string of the molecule is N/C=C\N(N)c1ccc2c(N3CCC(CCP(O)O)CC3)ncnc2c1. The largest absolute Gasteiger partial charge is 0.403 e. The summed E-state index contributed by atoms with van der Waals surface area (Å²) in [6, 6.07) is 5.83. The number of anilines is 2. The van der Waals surface area contributed by atoms with Gasteiger partial charge in [0.1, 0.15) is 12.1 Å². The van der Waals surface area contributed by atoms with Crippen molar-refractivity contribution in [1.82, 2.24) is 9.97 Å². The number of fused-ring (bicyclic) bond motifs is 1. The molecule has 0 bridgehead atoms. The Balaban J connectivity index is 1.75. The number of hydrogen-bond acceptors (Lipinski definition) is 8. The van der Waals surface area contributed by atoms with Gasteiger partial charge in [-0.1, -0.05) is 0 Å². The van der Waals surface area contributed by atoms with E-state index in [-0.39, 0.29) is 0 Å². The first-order valence-electron chi connectivity index (χ1n) is 8.66. The summed E-state index contributed by atoms with van der Waals surface area (Å²) < 4.78 is 0. The van der Waals surface area contributed by atoms with Crippen molar-refractivity contribution in [3.8, 4) is 0 Å². The van der Waals surface area contributed by atoms with Crippen LogP contribution in [0, 0.1) is 5.92 Å². The molecule has 0 saturated carbocycles. The Morgan fingerprint density at radius 2 is 2.04 bits per heavy atom. The van der Waals surface area contributed by atoms with E-state index in [1.54, 1.807) is 12.5 Å². The first-order chi connectivity index (χ1) is 12.6. The maximum atomic E-state index is 9.10. The molecule has 6 N–H and O–H groups in total. The molecule has 1 fully saturated rings. The summed E-state index contributed by atoms with van der Waals surface area (Å²) in [6.07, 6.45) is 8.00. The third-order valence-electron chi connectivity index (χ3n) is 4.80. The molecule has 1 aromatic heterocycles. The lowest BCUT2D eigenvalue weighted by Gasteiger charge is -2.33. The summed E-state index contributed by atoms with van der Waals surface area (Å²) in [4.78, 5) is 29.3. The number of nitrogens with zero attached hydrogens (tertiary/aromatic N) is 4. The molecule has 2 heterocycles. The predicted molar refractivity (Wildman–Crippen MR) is 105 cm³/mol. The van der Waals surface area contributed by atoms with Gasteiger partial charge in [0.2, 0.25) is 0 Å². The van der Waals surface area contributed by atoms with Crippen LogP contribution in [0.4, 0.5) is 11.5 Å². The van der Waals surface area contributed by atoms with E-state index >= 15 is 0 Å². The maximum absolute atomic E-state index is 9.10. The smallest absolute Gasteiger partial charge is 0.164 e. The van der Waals surface area contributed by atoms with Crippen molar-refractivity contribution in [1.29, 1.82) is 0 Å². The van der Waals surface area contributed by atoms with Crippen LogP contribution >= 0.6 is 8.38 Å². The van der Waals surface area contributed by atoms with Gasteiger partial charge in [0.15, 0.2) is 8.38 Å². The van der Waals surface area contributed by atoms with Crippen LogP contribution in [0.25, 0.3) is 10.9 Å². The van der Waals surface area contributed by atoms with Crippen LogP contribution in [0.3, 0.4) is 0 Å². The van der Waals surface area contributed by atoms with Crippen LogP contribution in [0.2, 0.25) is 0 Å². The minimum Gasteiger partial charge on any atom is -0.403 e. The highest BCUT2D eigenvalue weighted by molar-refractivity contribution is 7.45. The lowest BCUT2D eigenvalue weighted by Crippen LogP contribution is -2.34. The first-order valence-corrected chi connectivity index (χ1v) is 10.1. The van der Waals surface area contributed by atoms with Crippen molar-refractivity contribution in [2.45, 2.75) is 19.3 Å². The van der Waals surface area contributed by atoms with Crippen LogP contribution in [-0.2, 0) is 0 Å². The van der Waals surface area contributed by atoms with E-state index in [0.29, 0.717) is 12.1 Å². The molecule has 0 unspecified atom stereocenters. The summed E-state index contributed by atoms with van der Waals surface area (Å²) in [5.41, 5.74) is 7.02. The number of hydrazine groups is 1. The van der Waals surface area contributed by atoms with Crippen LogP contribution in [0.1, 0.15) is 19.3 Å². The summed E-state index contributed by atoms with van der Waals surface area (Å²) in [5, 5.41) is 2.44. The maximum Gasteiger partial charge on any atom is 0.164 e. The molecule has 3 rings (SSSR count). The molecule has 1 aliphatic heterocycles. The Morgan fingerprint density at radius 1 is 1.27 bits per heavy atom. The average Bonchev–Trinajstić information content (AvgIpc) is 2.66. The van der Waals surface area contributed by atoms with Crippen molar-refractivity contribution >= 4 is 30.8 Å². The van der Waals surface area contributed by atoms with Gasteiger partial charge < -0.3 is 20.4 Å². The Bertz CT molecular complexity index is 764. The summed E-state index contributed by atoms with van der Waals surface area (Å²) in [5.74, 6) is 7.40. The van der Waals surface area contributed by atoms with E-state index in [9.17, 15) is 0 Å². The Hall–Kier alpha value is -1.99. The Morgan fingerprint density at radius 3 is 2.73 bits per heavy atom. The summed E-state index contributed by atoms with van der Waals surface area (Å²) in [7, 11) is -1.78. The molecule has 1 aromatic carbocycles. The van der Waals surface area contributed by atoms with E-state index < -0.39 is 8.38 Å². The molecule has 2 aromatic rings. The molecule has 0 radical (unpaired) electrons. The molecule has 26 heavy (non-hydrogen) atoms. The number of piperidine rings is 1. The van der Waals surface area contributed by atoms with Gasteiger partial charge in [-0.05, 0) is 43.4 Å². The molecular weight excluding hydrogens is 351 g/mol. The van der Waals surface area contributed by atoms with Crippen LogP contribution in [0.15, 0.2) is 36.9 Å². The summed E-state index contributed by atoms with van der Waals surface area (Å²) >= 11 is 0. The molecule has 1 saturated heterocycles. The van der Waals surface area contributed by atoms with Gasteiger partial charge in [0.25, 0.3) is 0 Å². The lowest BCUT2D eigenvalue weighted by atomic mass is 9.94. The number of rotatable bonds is 6. The third kappa shape index (κ3) is 4.40. The second kappa shape index (κ2) is 8.60. The fourth-order valence-electron chi connectivity index (χ4n) is 3.35. The fraction of sp³-hybridized carbons (Fsp3) is 0.412. The molecule has 0 aliphatic carbocycles. The molecule has 1 aliphatic rings. The quantitative estimate of drug-likeness (QED) is 0.341. The van der Waals surface area contributed by atoms with E-state index in [1.165, 1.54) is 11.2 Å². The second-order valence-electron chi connectivity index (χ2n) is 6.46. The van der Waals surface area contributed by atoms with Crippen molar-refractivity contribution in [2.75, 3.05) is 29.2 Å². The molecule has 0 atom stereocenters. The molecule has 9 heteroatoms. The first kappa shape index (κ1) is 18.8. The van der Waals surface area contributed by atoms with E-state index in [1.807, 2.05) is 18.2 Å². The van der Waals surface area contributed by atoms with Gasteiger partial charge in [-0.3, -0.25) is 5.01 Å². The van der Waals surface area contributed by atoms with Gasteiger partial charge in [-0.15, -0.1) is 0 Å². The molecular formula is C17H25N6O2P. The zero-order valence-electron chi connectivity index (χ0n) is 14.6. The van der Waals surface area contributed by atoms with Crippen LogP contribution in [-0.4, -0.2) is 39.0 Å². The van der Waals surface area contributed by atoms with Gasteiger partial charge in [0.05, 0.1) is 11.2 Å². The van der Waals surface area contributed by atoms with Crippen molar-refractivity contribution in [3.63, 3.8) is 0 Å².